The van der Waals surface area contributed by atoms with E-state index in [0.29, 0.717) is 28.2 Å². The second kappa shape index (κ2) is 8.82. The maximum absolute atomic E-state index is 12.3. The number of benzene rings is 2. The Labute approximate surface area is 186 Å². The number of carbonyl (C=O) groups is 1. The first-order chi connectivity index (χ1) is 14.2. The molecule has 0 amide bonds. The van der Waals surface area contributed by atoms with E-state index in [1.54, 1.807) is 32.2 Å². The van der Waals surface area contributed by atoms with Crippen LogP contribution in [0.3, 0.4) is 0 Å². The first-order valence-corrected chi connectivity index (χ1v) is 10.1. The number of carbonyl (C=O) groups excluding carboxylic acids is 1. The second-order valence-corrected chi connectivity index (χ2v) is 7.91. The highest BCUT2D eigenvalue weighted by atomic mass is 127. The van der Waals surface area contributed by atoms with Gasteiger partial charge in [0.05, 0.1) is 21.7 Å². The number of hydrogen-bond donors (Lipinski definition) is 0. The molecular weight excluding hydrogens is 503 g/mol. The highest BCUT2D eigenvalue weighted by Gasteiger charge is 2.27. The lowest BCUT2D eigenvalue weighted by molar-refractivity contribution is -0.385. The molecule has 1 aliphatic heterocycles. The van der Waals surface area contributed by atoms with Gasteiger partial charge in [-0.2, -0.15) is 0 Å². The molecule has 0 aromatic heterocycles. The lowest BCUT2D eigenvalue weighted by atomic mass is 10.1. The molecule has 0 aliphatic carbocycles. The number of hydrogen-bond acceptors (Lipinski definition) is 7. The molecule has 0 fully saturated rings. The topological polar surface area (TPSA) is 100 Å². The number of nitrogens with zero attached hydrogens (tertiary/aromatic N) is 2. The van der Waals surface area contributed by atoms with E-state index in [2.05, 4.69) is 27.6 Å². The summed E-state index contributed by atoms with van der Waals surface area (Å²) in [6, 6.07) is 8.13. The van der Waals surface area contributed by atoms with E-state index in [-0.39, 0.29) is 23.4 Å². The number of ether oxygens (including phenoxy) is 3. The minimum atomic E-state index is -0.632. The van der Waals surface area contributed by atoms with E-state index >= 15 is 0 Å². The first-order valence-electron chi connectivity index (χ1n) is 9.02. The monoisotopic (exact) mass is 522 g/mol. The van der Waals surface area contributed by atoms with Crippen LogP contribution in [0.25, 0.3) is 6.08 Å². The molecule has 2 aromatic carbocycles. The fourth-order valence-electron chi connectivity index (χ4n) is 2.91. The van der Waals surface area contributed by atoms with Crippen molar-refractivity contribution in [1.82, 2.24) is 0 Å². The summed E-state index contributed by atoms with van der Waals surface area (Å²) in [7, 11) is 1.54. The fraction of sp³-hybridized carbons (Fsp3) is 0.238. The summed E-state index contributed by atoms with van der Waals surface area (Å²) in [6.45, 7) is 5.43. The smallest absolute Gasteiger partial charge is 0.363 e. The summed E-state index contributed by atoms with van der Waals surface area (Å²) in [5, 5.41) is 11.2. The Morgan fingerprint density at radius 3 is 2.67 bits per heavy atom. The van der Waals surface area contributed by atoms with E-state index in [4.69, 9.17) is 14.2 Å². The predicted molar refractivity (Wildman–Crippen MR) is 120 cm³/mol. The Morgan fingerprint density at radius 1 is 1.30 bits per heavy atom. The number of esters is 1. The number of halogens is 1. The fourth-order valence-corrected chi connectivity index (χ4v) is 3.66. The molecule has 156 valence electrons. The second-order valence-electron chi connectivity index (χ2n) is 6.74. The van der Waals surface area contributed by atoms with E-state index in [9.17, 15) is 14.9 Å². The van der Waals surface area contributed by atoms with Gasteiger partial charge in [-0.15, -0.1) is 0 Å². The molecule has 30 heavy (non-hydrogen) atoms. The summed E-state index contributed by atoms with van der Waals surface area (Å²) in [4.78, 5) is 27.3. The highest BCUT2D eigenvalue weighted by Crippen LogP contribution is 2.36. The number of methoxy groups -OCH3 is 1. The van der Waals surface area contributed by atoms with Crippen LogP contribution < -0.4 is 9.47 Å². The largest absolute Gasteiger partial charge is 0.493 e. The van der Waals surface area contributed by atoms with Gasteiger partial charge in [0.15, 0.2) is 17.2 Å². The minimum absolute atomic E-state index is 0.0215. The molecule has 3 rings (SSSR count). The van der Waals surface area contributed by atoms with Gasteiger partial charge in [0.25, 0.3) is 5.69 Å². The van der Waals surface area contributed by atoms with Gasteiger partial charge in [0, 0.05) is 17.2 Å². The number of rotatable bonds is 6. The molecule has 0 saturated carbocycles. The first kappa shape index (κ1) is 21.8. The van der Waals surface area contributed by atoms with Gasteiger partial charge in [0.2, 0.25) is 5.90 Å². The maximum Gasteiger partial charge on any atom is 0.363 e. The van der Waals surface area contributed by atoms with Crippen molar-refractivity contribution in [2.24, 2.45) is 4.99 Å². The standard InChI is InChI=1S/C21H19IN2O6/c1-11(2)29-19-15(22)8-13(10-18(19)28-4)9-16-21(25)30-20(23-16)14-6-5-7-17(12(14)3)24(26)27/h5-11H,1-4H3/b16-9-. The molecule has 1 aliphatic rings. The van der Waals surface area contributed by atoms with E-state index in [1.807, 2.05) is 19.9 Å². The lowest BCUT2D eigenvalue weighted by Gasteiger charge is -2.15. The van der Waals surface area contributed by atoms with Gasteiger partial charge < -0.3 is 14.2 Å². The molecule has 9 heteroatoms. The van der Waals surface area contributed by atoms with Crippen molar-refractivity contribution in [3.8, 4) is 11.5 Å². The van der Waals surface area contributed by atoms with Crippen LogP contribution in [-0.4, -0.2) is 30.0 Å². The third-order valence-electron chi connectivity index (χ3n) is 4.26. The third-order valence-corrected chi connectivity index (χ3v) is 5.06. The summed E-state index contributed by atoms with van der Waals surface area (Å²) in [6.07, 6.45) is 1.55. The molecule has 0 atom stereocenters. The molecule has 1 heterocycles. The molecule has 2 aromatic rings. The van der Waals surface area contributed by atoms with Crippen LogP contribution in [0.5, 0.6) is 11.5 Å². The molecule has 0 N–H and O–H groups in total. The van der Waals surface area contributed by atoms with Gasteiger partial charge >= 0.3 is 5.97 Å². The average Bonchev–Trinajstić information content (AvgIpc) is 3.03. The SMILES string of the molecule is COc1cc(/C=C2\N=C(c3cccc([N+](=O)[O-])c3C)OC2=O)cc(I)c1OC(C)C. The van der Waals surface area contributed by atoms with Gasteiger partial charge in [-0.1, -0.05) is 6.07 Å². The third kappa shape index (κ3) is 4.45. The van der Waals surface area contributed by atoms with E-state index in [0.717, 1.165) is 3.57 Å². The summed E-state index contributed by atoms with van der Waals surface area (Å²) in [5.74, 6) is 0.564. The van der Waals surface area contributed by atoms with E-state index in [1.165, 1.54) is 12.1 Å². The Bertz CT molecular complexity index is 1090. The van der Waals surface area contributed by atoms with Gasteiger partial charge in [0.1, 0.15) is 0 Å². The molecule has 0 unspecified atom stereocenters. The number of nitro benzene ring substituents is 1. The number of cyclic esters (lactones) is 1. The Morgan fingerprint density at radius 2 is 2.03 bits per heavy atom. The quantitative estimate of drug-likeness (QED) is 0.180. The van der Waals surface area contributed by atoms with Crippen molar-refractivity contribution in [3.05, 3.63) is 66.4 Å². The van der Waals surface area contributed by atoms with Crippen LogP contribution in [0, 0.1) is 20.6 Å². The van der Waals surface area contributed by atoms with Crippen molar-refractivity contribution in [2.45, 2.75) is 26.9 Å². The molecule has 0 bridgehead atoms. The Kier molecular flexibility index (Phi) is 6.40. The van der Waals surface area contributed by atoms with Gasteiger partial charge in [-0.3, -0.25) is 10.1 Å². The Balaban J connectivity index is 2.00. The maximum atomic E-state index is 12.3. The van der Waals surface area contributed by atoms with Crippen molar-refractivity contribution in [3.63, 3.8) is 0 Å². The molecule has 0 radical (unpaired) electrons. The number of nitro groups is 1. The molecular formula is C21H19IN2O6. The molecule has 0 spiro atoms. The van der Waals surface area contributed by atoms with Gasteiger partial charge in [-0.05, 0) is 73.2 Å². The van der Waals surface area contributed by atoms with Crippen LogP contribution >= 0.6 is 22.6 Å². The van der Waals surface area contributed by atoms with Crippen LogP contribution in [0.4, 0.5) is 5.69 Å². The zero-order valence-corrected chi connectivity index (χ0v) is 18.9. The highest BCUT2D eigenvalue weighted by molar-refractivity contribution is 14.1. The zero-order chi connectivity index (χ0) is 22.0. The summed E-state index contributed by atoms with van der Waals surface area (Å²) in [5.41, 5.74) is 1.48. The van der Waals surface area contributed by atoms with Gasteiger partial charge in [-0.25, -0.2) is 9.79 Å². The van der Waals surface area contributed by atoms with Crippen molar-refractivity contribution in [2.75, 3.05) is 7.11 Å². The predicted octanol–water partition coefficient (Wildman–Crippen LogP) is 4.65. The minimum Gasteiger partial charge on any atom is -0.493 e. The lowest BCUT2D eigenvalue weighted by Crippen LogP contribution is -2.08. The molecule has 0 saturated heterocycles. The summed E-state index contributed by atoms with van der Waals surface area (Å²) >= 11 is 2.14. The van der Waals surface area contributed by atoms with Crippen LogP contribution in [0.2, 0.25) is 0 Å². The number of aliphatic imine (C=N–C) groups is 1. The average molecular weight is 522 g/mol. The molecule has 8 nitrogen and oxygen atoms in total. The van der Waals surface area contributed by atoms with Crippen molar-refractivity contribution < 1.29 is 23.9 Å². The van der Waals surface area contributed by atoms with Crippen molar-refractivity contribution >= 4 is 46.2 Å². The van der Waals surface area contributed by atoms with Crippen LogP contribution in [0.15, 0.2) is 41.0 Å². The van der Waals surface area contributed by atoms with Crippen molar-refractivity contribution in [1.29, 1.82) is 0 Å². The zero-order valence-electron chi connectivity index (χ0n) is 16.8. The Hall–Kier alpha value is -2.95. The van der Waals surface area contributed by atoms with Crippen LogP contribution in [-0.2, 0) is 9.53 Å². The van der Waals surface area contributed by atoms with E-state index < -0.39 is 10.9 Å². The van der Waals surface area contributed by atoms with Crippen LogP contribution in [0.1, 0.15) is 30.5 Å². The normalized spacial score (nSPS) is 14.7. The summed E-state index contributed by atoms with van der Waals surface area (Å²) < 4.78 is 17.3.